The van der Waals surface area contributed by atoms with Crippen LogP contribution >= 0.6 is 27.3 Å². The summed E-state index contributed by atoms with van der Waals surface area (Å²) in [7, 11) is 0. The standard InChI is InChI=1S/C12H11BrN4S/c1-7-4-11(17-16-7)15-12-14-9-3-2-8(6-13)5-10(9)18-12/h2-5H,6H2,1H3,(H2,14,15,16,17). The van der Waals surface area contributed by atoms with Crippen LogP contribution in [0.1, 0.15) is 11.3 Å². The first-order chi connectivity index (χ1) is 8.74. The van der Waals surface area contributed by atoms with E-state index in [1.54, 1.807) is 11.3 Å². The van der Waals surface area contributed by atoms with Gasteiger partial charge in [-0.2, -0.15) is 5.10 Å². The van der Waals surface area contributed by atoms with Crippen LogP contribution in [0.3, 0.4) is 0 Å². The van der Waals surface area contributed by atoms with Gasteiger partial charge in [0.25, 0.3) is 0 Å². The molecule has 2 N–H and O–H groups in total. The SMILES string of the molecule is Cc1cc(Nc2nc3ccc(CBr)cc3s2)n[nH]1. The van der Waals surface area contributed by atoms with Gasteiger partial charge in [0, 0.05) is 17.1 Å². The number of aromatic amines is 1. The molecule has 0 radical (unpaired) electrons. The Morgan fingerprint density at radius 1 is 1.39 bits per heavy atom. The maximum atomic E-state index is 4.53. The predicted octanol–water partition coefficient (Wildman–Crippen LogP) is 3.97. The minimum absolute atomic E-state index is 0.798. The third-order valence-electron chi connectivity index (χ3n) is 2.55. The van der Waals surface area contributed by atoms with Gasteiger partial charge in [0.15, 0.2) is 10.9 Å². The third-order valence-corrected chi connectivity index (χ3v) is 4.13. The van der Waals surface area contributed by atoms with Gasteiger partial charge in [-0.1, -0.05) is 33.3 Å². The number of aryl methyl sites for hydroxylation is 1. The zero-order chi connectivity index (χ0) is 12.5. The Hall–Kier alpha value is -1.40. The molecule has 0 amide bonds. The first kappa shape index (κ1) is 11.7. The van der Waals surface area contributed by atoms with Crippen molar-refractivity contribution in [2.24, 2.45) is 0 Å². The van der Waals surface area contributed by atoms with Crippen LogP contribution in [0.2, 0.25) is 0 Å². The molecular weight excluding hydrogens is 312 g/mol. The van der Waals surface area contributed by atoms with E-state index in [0.29, 0.717) is 0 Å². The number of anilines is 2. The highest BCUT2D eigenvalue weighted by atomic mass is 79.9. The molecule has 18 heavy (non-hydrogen) atoms. The summed E-state index contributed by atoms with van der Waals surface area (Å²) in [6, 6.07) is 8.24. The van der Waals surface area contributed by atoms with Gasteiger partial charge < -0.3 is 5.32 Å². The zero-order valence-corrected chi connectivity index (χ0v) is 12.1. The maximum Gasteiger partial charge on any atom is 0.189 e. The van der Waals surface area contributed by atoms with Crippen molar-refractivity contribution in [3.63, 3.8) is 0 Å². The molecule has 0 bridgehead atoms. The van der Waals surface area contributed by atoms with Crippen LogP contribution in [0.5, 0.6) is 0 Å². The fourth-order valence-electron chi connectivity index (χ4n) is 1.70. The minimum Gasteiger partial charge on any atom is -0.315 e. The zero-order valence-electron chi connectivity index (χ0n) is 9.70. The van der Waals surface area contributed by atoms with Gasteiger partial charge >= 0.3 is 0 Å². The second kappa shape index (κ2) is 4.70. The molecule has 3 rings (SSSR count). The first-order valence-electron chi connectivity index (χ1n) is 5.49. The summed E-state index contributed by atoms with van der Waals surface area (Å²) >= 11 is 5.09. The molecular formula is C12H11BrN4S. The van der Waals surface area contributed by atoms with Crippen LogP contribution < -0.4 is 5.32 Å². The van der Waals surface area contributed by atoms with E-state index >= 15 is 0 Å². The van der Waals surface area contributed by atoms with E-state index in [1.165, 1.54) is 10.3 Å². The Morgan fingerprint density at radius 3 is 3.00 bits per heavy atom. The van der Waals surface area contributed by atoms with Crippen LogP contribution in [0.4, 0.5) is 10.9 Å². The Morgan fingerprint density at radius 2 is 2.28 bits per heavy atom. The van der Waals surface area contributed by atoms with Crippen molar-refractivity contribution in [1.29, 1.82) is 0 Å². The van der Waals surface area contributed by atoms with Gasteiger partial charge in [-0.15, -0.1) is 0 Å². The molecule has 3 aromatic rings. The van der Waals surface area contributed by atoms with Gasteiger partial charge in [0.2, 0.25) is 0 Å². The third kappa shape index (κ3) is 2.26. The van der Waals surface area contributed by atoms with E-state index in [-0.39, 0.29) is 0 Å². The second-order valence-corrected chi connectivity index (χ2v) is 5.61. The number of H-pyrrole nitrogens is 1. The second-order valence-electron chi connectivity index (χ2n) is 4.02. The van der Waals surface area contributed by atoms with Gasteiger partial charge in [0.1, 0.15) is 0 Å². The summed E-state index contributed by atoms with van der Waals surface area (Å²) in [6.07, 6.45) is 0. The van der Waals surface area contributed by atoms with Crippen LogP contribution in [0.15, 0.2) is 24.3 Å². The lowest BCUT2D eigenvalue weighted by Gasteiger charge is -1.93. The molecule has 2 heterocycles. The topological polar surface area (TPSA) is 53.6 Å². The summed E-state index contributed by atoms with van der Waals surface area (Å²) < 4.78 is 1.18. The van der Waals surface area contributed by atoms with Crippen molar-refractivity contribution < 1.29 is 0 Å². The van der Waals surface area contributed by atoms with Gasteiger partial charge in [-0.3, -0.25) is 5.10 Å². The van der Waals surface area contributed by atoms with Crippen LogP contribution in [-0.2, 0) is 5.33 Å². The number of benzene rings is 1. The molecule has 0 fully saturated rings. The Labute approximate surface area is 117 Å². The smallest absolute Gasteiger partial charge is 0.189 e. The normalized spacial score (nSPS) is 11.0. The first-order valence-corrected chi connectivity index (χ1v) is 7.43. The van der Waals surface area contributed by atoms with E-state index in [4.69, 9.17) is 0 Å². The number of nitrogens with zero attached hydrogens (tertiary/aromatic N) is 2. The number of halogens is 1. The van der Waals surface area contributed by atoms with Gasteiger partial charge in [0.05, 0.1) is 10.2 Å². The number of aromatic nitrogens is 3. The number of rotatable bonds is 3. The summed E-state index contributed by atoms with van der Waals surface area (Å²) in [4.78, 5) is 4.53. The number of nitrogens with one attached hydrogen (secondary N) is 2. The van der Waals surface area contributed by atoms with Crippen molar-refractivity contribution >= 4 is 48.4 Å². The summed E-state index contributed by atoms with van der Waals surface area (Å²) in [5, 5.41) is 12.0. The molecule has 0 spiro atoms. The summed E-state index contributed by atoms with van der Waals surface area (Å²) in [6.45, 7) is 1.97. The number of alkyl halides is 1. The number of hydrogen-bond acceptors (Lipinski definition) is 4. The fraction of sp³-hybridized carbons (Fsp3) is 0.167. The number of thiazole rings is 1. The summed E-state index contributed by atoms with van der Waals surface area (Å²) in [5.74, 6) is 0.798. The van der Waals surface area contributed by atoms with E-state index in [1.807, 2.05) is 19.1 Å². The van der Waals surface area contributed by atoms with Gasteiger partial charge in [-0.25, -0.2) is 4.98 Å². The van der Waals surface area contributed by atoms with Gasteiger partial charge in [-0.05, 0) is 24.6 Å². The highest BCUT2D eigenvalue weighted by Gasteiger charge is 2.06. The monoisotopic (exact) mass is 322 g/mol. The molecule has 0 unspecified atom stereocenters. The van der Waals surface area contributed by atoms with E-state index in [9.17, 15) is 0 Å². The van der Waals surface area contributed by atoms with Crippen molar-refractivity contribution in [2.75, 3.05) is 5.32 Å². The molecule has 0 saturated heterocycles. The molecule has 0 aliphatic rings. The lowest BCUT2D eigenvalue weighted by Crippen LogP contribution is -1.88. The van der Waals surface area contributed by atoms with Crippen molar-refractivity contribution in [3.05, 3.63) is 35.5 Å². The van der Waals surface area contributed by atoms with Crippen LogP contribution in [-0.4, -0.2) is 15.2 Å². The molecule has 0 atom stereocenters. The highest BCUT2D eigenvalue weighted by Crippen LogP contribution is 2.29. The number of fused-ring (bicyclic) bond motifs is 1. The molecule has 1 aromatic carbocycles. The van der Waals surface area contributed by atoms with E-state index in [2.05, 4.69) is 48.6 Å². The van der Waals surface area contributed by atoms with Crippen molar-refractivity contribution in [3.8, 4) is 0 Å². The van der Waals surface area contributed by atoms with Crippen LogP contribution in [0, 0.1) is 6.92 Å². The number of hydrogen-bond donors (Lipinski definition) is 2. The largest absolute Gasteiger partial charge is 0.315 e. The van der Waals surface area contributed by atoms with E-state index in [0.717, 1.165) is 27.5 Å². The molecule has 0 saturated carbocycles. The molecule has 0 aliphatic heterocycles. The Kier molecular flexibility index (Phi) is 3.05. The van der Waals surface area contributed by atoms with Crippen molar-refractivity contribution in [1.82, 2.24) is 15.2 Å². The van der Waals surface area contributed by atoms with Crippen molar-refractivity contribution in [2.45, 2.75) is 12.3 Å². The highest BCUT2D eigenvalue weighted by molar-refractivity contribution is 9.08. The molecule has 92 valence electrons. The molecule has 2 aromatic heterocycles. The fourth-order valence-corrected chi connectivity index (χ4v) is 2.98. The lowest BCUT2D eigenvalue weighted by molar-refractivity contribution is 1.05. The van der Waals surface area contributed by atoms with E-state index < -0.39 is 0 Å². The Balaban J connectivity index is 1.93. The Bertz CT molecular complexity index is 688. The lowest BCUT2D eigenvalue weighted by atomic mass is 10.2. The predicted molar refractivity (Wildman–Crippen MR) is 78.9 cm³/mol. The summed E-state index contributed by atoms with van der Waals surface area (Å²) in [5.41, 5.74) is 3.30. The molecule has 4 nitrogen and oxygen atoms in total. The quantitative estimate of drug-likeness (QED) is 0.717. The average molecular weight is 323 g/mol. The molecule has 0 aliphatic carbocycles. The maximum absolute atomic E-state index is 4.53. The van der Waals surface area contributed by atoms with Crippen LogP contribution in [0.25, 0.3) is 10.2 Å². The minimum atomic E-state index is 0.798. The average Bonchev–Trinajstić information content (AvgIpc) is 2.94. The molecule has 6 heteroatoms.